The summed E-state index contributed by atoms with van der Waals surface area (Å²) in [6, 6.07) is 12.3. The van der Waals surface area contributed by atoms with E-state index in [1.165, 1.54) is 5.56 Å². The first-order chi connectivity index (χ1) is 10.6. The van der Waals surface area contributed by atoms with Gasteiger partial charge in [0.05, 0.1) is 0 Å². The van der Waals surface area contributed by atoms with Crippen molar-refractivity contribution in [2.45, 2.75) is 26.3 Å². The van der Waals surface area contributed by atoms with E-state index in [-0.39, 0.29) is 6.03 Å². The SMILES string of the molecule is CC(C)c1ccc(N2CCN(Cc3cccnc3)C2=O)cc1. The molecule has 0 radical (unpaired) electrons. The molecule has 114 valence electrons. The summed E-state index contributed by atoms with van der Waals surface area (Å²) in [6.07, 6.45) is 3.56. The summed E-state index contributed by atoms with van der Waals surface area (Å²) in [5, 5.41) is 0. The van der Waals surface area contributed by atoms with Crippen LogP contribution >= 0.6 is 0 Å². The highest BCUT2D eigenvalue weighted by molar-refractivity contribution is 5.94. The maximum absolute atomic E-state index is 12.6. The Morgan fingerprint density at radius 2 is 1.91 bits per heavy atom. The third-order valence-electron chi connectivity index (χ3n) is 4.06. The van der Waals surface area contributed by atoms with E-state index >= 15 is 0 Å². The predicted molar refractivity (Wildman–Crippen MR) is 87.9 cm³/mol. The first kappa shape index (κ1) is 14.6. The minimum Gasteiger partial charge on any atom is -0.318 e. The lowest BCUT2D eigenvalue weighted by molar-refractivity contribution is 0.218. The van der Waals surface area contributed by atoms with E-state index in [2.05, 4.69) is 31.0 Å². The Labute approximate surface area is 131 Å². The van der Waals surface area contributed by atoms with Gasteiger partial charge in [-0.25, -0.2) is 4.79 Å². The van der Waals surface area contributed by atoms with Crippen LogP contribution in [0.3, 0.4) is 0 Å². The molecule has 1 aliphatic heterocycles. The van der Waals surface area contributed by atoms with Gasteiger partial charge < -0.3 is 4.90 Å². The largest absolute Gasteiger partial charge is 0.324 e. The molecule has 1 aromatic carbocycles. The van der Waals surface area contributed by atoms with E-state index in [1.54, 1.807) is 6.20 Å². The molecular formula is C18H21N3O. The van der Waals surface area contributed by atoms with Crippen LogP contribution in [-0.2, 0) is 6.54 Å². The molecule has 1 aliphatic rings. The van der Waals surface area contributed by atoms with Gasteiger partial charge in [-0.2, -0.15) is 0 Å². The number of aromatic nitrogens is 1. The fraction of sp³-hybridized carbons (Fsp3) is 0.333. The molecule has 0 N–H and O–H groups in total. The van der Waals surface area contributed by atoms with E-state index in [0.29, 0.717) is 12.5 Å². The minimum absolute atomic E-state index is 0.0705. The number of carbonyl (C=O) groups is 1. The van der Waals surface area contributed by atoms with Crippen molar-refractivity contribution >= 4 is 11.7 Å². The molecule has 1 aromatic heterocycles. The van der Waals surface area contributed by atoms with Gasteiger partial charge in [0.25, 0.3) is 0 Å². The molecule has 1 fully saturated rings. The Balaban J connectivity index is 1.70. The lowest BCUT2D eigenvalue weighted by Gasteiger charge is -2.19. The molecule has 1 saturated heterocycles. The van der Waals surface area contributed by atoms with Gasteiger partial charge in [-0.05, 0) is 35.2 Å². The number of nitrogens with zero attached hydrogens (tertiary/aromatic N) is 3. The molecule has 0 saturated carbocycles. The predicted octanol–water partition coefficient (Wildman–Crippen LogP) is 3.65. The van der Waals surface area contributed by atoms with Gasteiger partial charge in [-0.1, -0.05) is 32.0 Å². The lowest BCUT2D eigenvalue weighted by atomic mass is 10.0. The fourth-order valence-corrected chi connectivity index (χ4v) is 2.72. The number of hydrogen-bond donors (Lipinski definition) is 0. The van der Waals surface area contributed by atoms with Crippen LogP contribution in [0.25, 0.3) is 0 Å². The summed E-state index contributed by atoms with van der Waals surface area (Å²) in [5.74, 6) is 0.505. The molecular weight excluding hydrogens is 274 g/mol. The number of carbonyl (C=O) groups excluding carboxylic acids is 1. The second-order valence-electron chi connectivity index (χ2n) is 5.96. The van der Waals surface area contributed by atoms with Crippen molar-refractivity contribution in [1.29, 1.82) is 0 Å². The summed E-state index contributed by atoms with van der Waals surface area (Å²) >= 11 is 0. The van der Waals surface area contributed by atoms with E-state index in [9.17, 15) is 4.79 Å². The van der Waals surface area contributed by atoms with Gasteiger partial charge in [-0.3, -0.25) is 9.88 Å². The van der Waals surface area contributed by atoms with Crippen LogP contribution < -0.4 is 4.90 Å². The van der Waals surface area contributed by atoms with Crippen LogP contribution in [0.15, 0.2) is 48.8 Å². The zero-order valence-corrected chi connectivity index (χ0v) is 13.1. The molecule has 4 nitrogen and oxygen atoms in total. The van der Waals surface area contributed by atoms with Gasteiger partial charge >= 0.3 is 6.03 Å². The van der Waals surface area contributed by atoms with E-state index in [4.69, 9.17) is 0 Å². The summed E-state index contributed by atoms with van der Waals surface area (Å²) in [4.78, 5) is 20.4. The topological polar surface area (TPSA) is 36.4 Å². The first-order valence-corrected chi connectivity index (χ1v) is 7.70. The number of benzene rings is 1. The number of rotatable bonds is 4. The normalized spacial score (nSPS) is 15.0. The van der Waals surface area contributed by atoms with Crippen molar-refractivity contribution in [3.8, 4) is 0 Å². The Morgan fingerprint density at radius 1 is 1.14 bits per heavy atom. The van der Waals surface area contributed by atoms with Crippen molar-refractivity contribution in [2.75, 3.05) is 18.0 Å². The highest BCUT2D eigenvalue weighted by Gasteiger charge is 2.29. The van der Waals surface area contributed by atoms with E-state index < -0.39 is 0 Å². The first-order valence-electron chi connectivity index (χ1n) is 7.70. The quantitative estimate of drug-likeness (QED) is 0.863. The number of amides is 2. The van der Waals surface area contributed by atoms with Gasteiger partial charge in [-0.15, -0.1) is 0 Å². The molecule has 22 heavy (non-hydrogen) atoms. The van der Waals surface area contributed by atoms with Gasteiger partial charge in [0.2, 0.25) is 0 Å². The zero-order chi connectivity index (χ0) is 15.5. The Morgan fingerprint density at radius 3 is 2.55 bits per heavy atom. The summed E-state index contributed by atoms with van der Waals surface area (Å²) in [6.45, 7) is 6.45. The molecule has 0 unspecified atom stereocenters. The summed E-state index contributed by atoms with van der Waals surface area (Å²) < 4.78 is 0. The highest BCUT2D eigenvalue weighted by atomic mass is 16.2. The molecule has 3 rings (SSSR count). The van der Waals surface area contributed by atoms with Crippen molar-refractivity contribution in [1.82, 2.24) is 9.88 Å². The van der Waals surface area contributed by atoms with Crippen LogP contribution in [-0.4, -0.2) is 29.0 Å². The maximum Gasteiger partial charge on any atom is 0.324 e. The second kappa shape index (κ2) is 6.18. The molecule has 2 amide bonds. The fourth-order valence-electron chi connectivity index (χ4n) is 2.72. The average Bonchev–Trinajstić information content (AvgIpc) is 2.89. The van der Waals surface area contributed by atoms with Crippen LogP contribution in [0.1, 0.15) is 30.9 Å². The molecule has 2 aromatic rings. The molecule has 0 atom stereocenters. The third-order valence-corrected chi connectivity index (χ3v) is 4.06. The third kappa shape index (κ3) is 2.96. The van der Waals surface area contributed by atoms with Crippen molar-refractivity contribution < 1.29 is 4.79 Å². The monoisotopic (exact) mass is 295 g/mol. The van der Waals surface area contributed by atoms with Crippen molar-refractivity contribution in [2.24, 2.45) is 0 Å². The van der Waals surface area contributed by atoms with Gasteiger partial charge in [0, 0.05) is 37.7 Å². The Hall–Kier alpha value is -2.36. The van der Waals surface area contributed by atoms with Gasteiger partial charge in [0.15, 0.2) is 0 Å². The minimum atomic E-state index is 0.0705. The molecule has 2 heterocycles. The van der Waals surface area contributed by atoms with E-state index in [1.807, 2.05) is 40.3 Å². The number of anilines is 1. The Bertz CT molecular complexity index is 637. The Kier molecular flexibility index (Phi) is 4.09. The van der Waals surface area contributed by atoms with Crippen LogP contribution in [0.5, 0.6) is 0 Å². The smallest absolute Gasteiger partial charge is 0.318 e. The summed E-state index contributed by atoms with van der Waals surface area (Å²) in [7, 11) is 0. The molecule has 0 aliphatic carbocycles. The number of urea groups is 1. The van der Waals surface area contributed by atoms with Crippen LogP contribution in [0, 0.1) is 0 Å². The van der Waals surface area contributed by atoms with Crippen LogP contribution in [0.4, 0.5) is 10.5 Å². The number of pyridine rings is 1. The number of hydrogen-bond acceptors (Lipinski definition) is 2. The molecule has 4 heteroatoms. The molecule has 0 spiro atoms. The van der Waals surface area contributed by atoms with Crippen molar-refractivity contribution in [3.63, 3.8) is 0 Å². The average molecular weight is 295 g/mol. The van der Waals surface area contributed by atoms with Gasteiger partial charge in [0.1, 0.15) is 0 Å². The van der Waals surface area contributed by atoms with E-state index in [0.717, 1.165) is 24.3 Å². The molecule has 0 bridgehead atoms. The second-order valence-corrected chi connectivity index (χ2v) is 5.96. The standard InChI is InChI=1S/C18H21N3O/c1-14(2)16-5-7-17(8-6-16)21-11-10-20(18(21)22)13-15-4-3-9-19-12-15/h3-9,12,14H,10-11,13H2,1-2H3. The summed E-state index contributed by atoms with van der Waals surface area (Å²) in [5.41, 5.74) is 3.33. The zero-order valence-electron chi connectivity index (χ0n) is 13.1. The van der Waals surface area contributed by atoms with Crippen molar-refractivity contribution in [3.05, 3.63) is 59.9 Å². The highest BCUT2D eigenvalue weighted by Crippen LogP contribution is 2.24. The maximum atomic E-state index is 12.6. The van der Waals surface area contributed by atoms with Crippen LogP contribution in [0.2, 0.25) is 0 Å². The lowest BCUT2D eigenvalue weighted by Crippen LogP contribution is -2.31.